The maximum absolute atomic E-state index is 14.2. The van der Waals surface area contributed by atoms with Gasteiger partial charge in [0.25, 0.3) is 0 Å². The number of amidine groups is 1. The number of phenols is 1. The number of benzene rings is 3. The first-order chi connectivity index (χ1) is 15.0. The Morgan fingerprint density at radius 1 is 1.06 bits per heavy atom. The van der Waals surface area contributed by atoms with Crippen molar-refractivity contribution in [2.45, 2.75) is 6.18 Å². The van der Waals surface area contributed by atoms with Gasteiger partial charge in [-0.3, -0.25) is 0 Å². The van der Waals surface area contributed by atoms with Crippen LogP contribution in [-0.4, -0.2) is 23.3 Å². The fourth-order valence-electron chi connectivity index (χ4n) is 3.18. The zero-order valence-electron chi connectivity index (χ0n) is 16.1. The lowest BCUT2D eigenvalue weighted by Gasteiger charge is -2.20. The van der Waals surface area contributed by atoms with Crippen molar-refractivity contribution < 1.29 is 37.0 Å². The largest absolute Gasteiger partial charge is 0.504 e. The summed E-state index contributed by atoms with van der Waals surface area (Å²) < 4.78 is 74.4. The van der Waals surface area contributed by atoms with Crippen LogP contribution in [0.4, 0.5) is 22.0 Å². The molecule has 0 saturated carbocycles. The zero-order chi connectivity index (χ0) is 23.8. The second-order valence-electron chi connectivity index (χ2n) is 6.56. The Balaban J connectivity index is 2.56. The van der Waals surface area contributed by atoms with Gasteiger partial charge in [-0.2, -0.15) is 13.2 Å². The summed E-state index contributed by atoms with van der Waals surface area (Å²) in [5, 5.41) is 21.1. The molecule has 0 spiro atoms. The normalized spacial score (nSPS) is 12.2. The molecule has 0 bridgehead atoms. The summed E-state index contributed by atoms with van der Waals surface area (Å²) in [7, 11) is 1.25. The molecule has 4 N–H and O–H groups in total. The van der Waals surface area contributed by atoms with Crippen LogP contribution >= 0.6 is 11.6 Å². The van der Waals surface area contributed by atoms with E-state index in [0.29, 0.717) is 12.1 Å². The van der Waals surface area contributed by atoms with Gasteiger partial charge in [-0.05, 0) is 53.6 Å². The molecular formula is C21H14ClF5N2O3. The minimum absolute atomic E-state index is 0.0461. The summed E-state index contributed by atoms with van der Waals surface area (Å²) in [6.45, 7) is 0. The third kappa shape index (κ3) is 4.26. The molecule has 0 aliphatic carbocycles. The molecule has 0 amide bonds. The number of hydrogen-bond donors (Lipinski definition) is 3. The number of nitrogens with two attached hydrogens (primary N) is 1. The van der Waals surface area contributed by atoms with E-state index < -0.39 is 45.5 Å². The van der Waals surface area contributed by atoms with Crippen LogP contribution in [0, 0.1) is 11.6 Å². The van der Waals surface area contributed by atoms with Crippen LogP contribution in [0.5, 0.6) is 11.5 Å². The van der Waals surface area contributed by atoms with Crippen molar-refractivity contribution in [1.29, 1.82) is 0 Å². The van der Waals surface area contributed by atoms with E-state index in [0.717, 1.165) is 24.3 Å². The van der Waals surface area contributed by atoms with Crippen LogP contribution in [0.25, 0.3) is 22.3 Å². The van der Waals surface area contributed by atoms with Crippen LogP contribution in [-0.2, 0) is 6.18 Å². The lowest BCUT2D eigenvalue weighted by molar-refractivity contribution is -0.137. The molecule has 3 aromatic carbocycles. The van der Waals surface area contributed by atoms with E-state index in [1.54, 1.807) is 0 Å². The monoisotopic (exact) mass is 472 g/mol. The van der Waals surface area contributed by atoms with Gasteiger partial charge >= 0.3 is 6.18 Å². The predicted octanol–water partition coefficient (Wildman–Crippen LogP) is 5.78. The summed E-state index contributed by atoms with van der Waals surface area (Å²) in [5.41, 5.74) is 3.35. The lowest BCUT2D eigenvalue weighted by atomic mass is 9.87. The van der Waals surface area contributed by atoms with Gasteiger partial charge in [-0.15, -0.1) is 0 Å². The highest BCUT2D eigenvalue weighted by Crippen LogP contribution is 2.45. The highest BCUT2D eigenvalue weighted by molar-refractivity contribution is 6.32. The summed E-state index contributed by atoms with van der Waals surface area (Å²) in [4.78, 5) is 0. The second kappa shape index (κ2) is 8.54. The minimum Gasteiger partial charge on any atom is -0.504 e. The van der Waals surface area contributed by atoms with Crippen LogP contribution in [0.3, 0.4) is 0 Å². The summed E-state index contributed by atoms with van der Waals surface area (Å²) in [5.74, 6) is -3.53. The quantitative estimate of drug-likeness (QED) is 0.148. The molecule has 0 radical (unpaired) electrons. The third-order valence-corrected chi connectivity index (χ3v) is 4.90. The van der Waals surface area contributed by atoms with Gasteiger partial charge in [-0.25, -0.2) is 8.78 Å². The van der Waals surface area contributed by atoms with Gasteiger partial charge in [-0.1, -0.05) is 16.8 Å². The van der Waals surface area contributed by atoms with E-state index in [4.69, 9.17) is 22.1 Å². The number of rotatable bonds is 4. The Morgan fingerprint density at radius 2 is 1.75 bits per heavy atom. The summed E-state index contributed by atoms with van der Waals surface area (Å²) in [6, 6.07) is 6.33. The predicted molar refractivity (Wildman–Crippen MR) is 108 cm³/mol. The molecule has 11 heteroatoms. The van der Waals surface area contributed by atoms with E-state index in [-0.39, 0.29) is 28.0 Å². The Hall–Kier alpha value is -3.53. The second-order valence-corrected chi connectivity index (χ2v) is 6.97. The fourth-order valence-corrected chi connectivity index (χ4v) is 3.38. The van der Waals surface area contributed by atoms with E-state index in [2.05, 4.69) is 5.16 Å². The number of hydrogen-bond acceptors (Lipinski definition) is 4. The summed E-state index contributed by atoms with van der Waals surface area (Å²) in [6.07, 6.45) is -4.87. The Morgan fingerprint density at radius 3 is 2.31 bits per heavy atom. The van der Waals surface area contributed by atoms with Gasteiger partial charge in [0.15, 0.2) is 17.4 Å². The Kier molecular flexibility index (Phi) is 6.18. The molecule has 0 unspecified atom stereocenters. The maximum atomic E-state index is 14.2. The van der Waals surface area contributed by atoms with Crippen molar-refractivity contribution in [3.63, 3.8) is 0 Å². The van der Waals surface area contributed by atoms with E-state index >= 15 is 0 Å². The van der Waals surface area contributed by atoms with E-state index in [1.807, 2.05) is 0 Å². The molecule has 0 aromatic heterocycles. The molecule has 5 nitrogen and oxygen atoms in total. The number of aromatic hydroxyl groups is 1. The van der Waals surface area contributed by atoms with E-state index in [9.17, 15) is 32.3 Å². The maximum Gasteiger partial charge on any atom is 0.416 e. The highest BCUT2D eigenvalue weighted by atomic mass is 35.5. The third-order valence-electron chi connectivity index (χ3n) is 4.61. The molecule has 168 valence electrons. The van der Waals surface area contributed by atoms with Crippen molar-refractivity contribution in [2.24, 2.45) is 10.9 Å². The van der Waals surface area contributed by atoms with Crippen LogP contribution in [0.15, 0.2) is 47.6 Å². The van der Waals surface area contributed by atoms with Gasteiger partial charge in [0, 0.05) is 16.7 Å². The first kappa shape index (κ1) is 23.1. The molecule has 0 aliphatic heterocycles. The van der Waals surface area contributed by atoms with Crippen molar-refractivity contribution >= 4 is 17.4 Å². The van der Waals surface area contributed by atoms with Crippen molar-refractivity contribution in [1.82, 2.24) is 0 Å². The molecule has 32 heavy (non-hydrogen) atoms. The smallest absolute Gasteiger partial charge is 0.416 e. The van der Waals surface area contributed by atoms with Crippen molar-refractivity contribution in [3.8, 4) is 33.8 Å². The SMILES string of the molecule is COc1ccc(F)cc1-c1c(/C(N)=N/O)cc(C(F)(F)F)cc1-c1cc(F)c(O)c(Cl)c1. The number of halogens is 6. The average Bonchev–Trinajstić information content (AvgIpc) is 2.74. The molecule has 0 saturated heterocycles. The lowest BCUT2D eigenvalue weighted by Crippen LogP contribution is -2.17. The average molecular weight is 473 g/mol. The summed E-state index contributed by atoms with van der Waals surface area (Å²) >= 11 is 5.83. The number of alkyl halides is 3. The van der Waals surface area contributed by atoms with Gasteiger partial charge in [0.2, 0.25) is 0 Å². The molecule has 0 fully saturated rings. The van der Waals surface area contributed by atoms with Crippen LogP contribution < -0.4 is 10.5 Å². The first-order valence-electron chi connectivity index (χ1n) is 8.73. The van der Waals surface area contributed by atoms with Crippen molar-refractivity contribution in [2.75, 3.05) is 7.11 Å². The number of phenolic OH excluding ortho intramolecular Hbond substituents is 1. The molecule has 3 aromatic rings. The fraction of sp³-hybridized carbons (Fsp3) is 0.0952. The number of methoxy groups -OCH3 is 1. The topological polar surface area (TPSA) is 88.1 Å². The van der Waals surface area contributed by atoms with Crippen LogP contribution in [0.2, 0.25) is 5.02 Å². The highest BCUT2D eigenvalue weighted by Gasteiger charge is 2.34. The number of nitrogens with zero attached hydrogens (tertiary/aromatic N) is 1. The van der Waals surface area contributed by atoms with Gasteiger partial charge in [0.1, 0.15) is 11.6 Å². The van der Waals surface area contributed by atoms with Crippen molar-refractivity contribution in [3.05, 3.63) is 70.2 Å². The first-order valence-corrected chi connectivity index (χ1v) is 9.11. The number of ether oxygens (including phenoxy) is 1. The Bertz CT molecular complexity index is 1210. The standard InChI is InChI=1S/C21H14ClF5N2O3/c1-32-17-3-2-11(23)8-13(17)18-12(9-4-15(22)19(30)16(24)5-9)6-10(21(25,26)27)7-14(18)20(28)29-31/h2-8,30-31H,1H3,(H2,28,29). The molecular weight excluding hydrogens is 459 g/mol. The molecule has 0 aliphatic rings. The van der Waals surface area contributed by atoms with Gasteiger partial charge < -0.3 is 20.8 Å². The van der Waals surface area contributed by atoms with Gasteiger partial charge in [0.05, 0.1) is 17.7 Å². The Labute approximate surface area is 183 Å². The molecule has 0 heterocycles. The molecule has 3 rings (SSSR count). The minimum atomic E-state index is -4.87. The zero-order valence-corrected chi connectivity index (χ0v) is 16.9. The number of oxime groups is 1. The van der Waals surface area contributed by atoms with E-state index in [1.165, 1.54) is 13.2 Å². The van der Waals surface area contributed by atoms with Crippen LogP contribution in [0.1, 0.15) is 11.1 Å². The molecule has 0 atom stereocenters.